The Balaban J connectivity index is 1.33. The predicted molar refractivity (Wildman–Crippen MR) is 130 cm³/mol. The number of benzene rings is 1. The van der Waals surface area contributed by atoms with Gasteiger partial charge in [0, 0.05) is 17.4 Å². The monoisotopic (exact) mass is 482 g/mol. The van der Waals surface area contributed by atoms with Gasteiger partial charge in [-0.3, -0.25) is 4.79 Å². The second kappa shape index (κ2) is 9.64. The zero-order valence-corrected chi connectivity index (χ0v) is 20.3. The number of hydrogen-bond donors (Lipinski definition) is 1. The van der Waals surface area contributed by atoms with Crippen LogP contribution in [-0.4, -0.2) is 36.8 Å². The highest BCUT2D eigenvalue weighted by Gasteiger charge is 2.17. The largest absolute Gasteiger partial charge is 0.473 e. The highest BCUT2D eigenvalue weighted by Crippen LogP contribution is 2.33. The van der Waals surface area contributed by atoms with E-state index in [4.69, 9.17) is 4.74 Å². The molecule has 1 aromatic carbocycles. The minimum atomic E-state index is -0.00842. The zero-order chi connectivity index (χ0) is 22.8. The van der Waals surface area contributed by atoms with E-state index in [9.17, 15) is 4.79 Å². The van der Waals surface area contributed by atoms with Gasteiger partial charge in [-0.2, -0.15) is 4.52 Å². The van der Waals surface area contributed by atoms with Crippen LogP contribution in [0.1, 0.15) is 52.4 Å². The molecule has 4 aromatic rings. The molecular weight excluding hydrogens is 456 g/mol. The Morgan fingerprint density at radius 2 is 2.06 bits per heavy atom. The topological polar surface area (TPSA) is 94.3 Å². The van der Waals surface area contributed by atoms with Crippen LogP contribution in [0.15, 0.2) is 40.4 Å². The number of anilines is 1. The minimum absolute atomic E-state index is 0.00842. The SMILES string of the molecule is CC(C)CC(=O)Nc1nc2ccc(Sc3nnc4ccc(OC5CCCCC5)nn34)cc2s1. The number of carbonyl (C=O) groups is 1. The summed E-state index contributed by atoms with van der Waals surface area (Å²) in [7, 11) is 0. The van der Waals surface area contributed by atoms with Crippen molar-refractivity contribution in [2.24, 2.45) is 5.92 Å². The van der Waals surface area contributed by atoms with E-state index in [0.717, 1.165) is 28.0 Å². The molecule has 0 bridgehead atoms. The quantitative estimate of drug-likeness (QED) is 0.367. The molecule has 1 amide bonds. The van der Waals surface area contributed by atoms with Gasteiger partial charge < -0.3 is 10.1 Å². The first-order valence-electron chi connectivity index (χ1n) is 11.3. The fourth-order valence-electron chi connectivity index (χ4n) is 3.90. The molecule has 3 heterocycles. The average molecular weight is 483 g/mol. The summed E-state index contributed by atoms with van der Waals surface area (Å²) in [6.07, 6.45) is 6.59. The lowest BCUT2D eigenvalue weighted by Crippen LogP contribution is -2.20. The molecule has 33 heavy (non-hydrogen) atoms. The van der Waals surface area contributed by atoms with Crippen LogP contribution in [0.2, 0.25) is 0 Å². The lowest BCUT2D eigenvalue weighted by molar-refractivity contribution is -0.116. The Kier molecular flexibility index (Phi) is 6.45. The number of hydrogen-bond acceptors (Lipinski definition) is 8. The van der Waals surface area contributed by atoms with Crippen LogP contribution < -0.4 is 10.1 Å². The molecule has 0 unspecified atom stereocenters. The van der Waals surface area contributed by atoms with Gasteiger partial charge in [-0.25, -0.2) is 4.98 Å². The molecule has 1 fully saturated rings. The third-order valence-electron chi connectivity index (χ3n) is 5.46. The van der Waals surface area contributed by atoms with E-state index < -0.39 is 0 Å². The summed E-state index contributed by atoms with van der Waals surface area (Å²) < 4.78 is 8.85. The molecule has 1 N–H and O–H groups in total. The van der Waals surface area contributed by atoms with Gasteiger partial charge in [0.25, 0.3) is 0 Å². The zero-order valence-electron chi connectivity index (χ0n) is 18.7. The van der Waals surface area contributed by atoms with E-state index >= 15 is 0 Å². The van der Waals surface area contributed by atoms with Crippen LogP contribution in [-0.2, 0) is 4.79 Å². The normalized spacial score (nSPS) is 14.9. The molecule has 1 aliphatic rings. The third-order valence-corrected chi connectivity index (χ3v) is 7.32. The van der Waals surface area contributed by atoms with Gasteiger partial charge in [-0.1, -0.05) is 31.6 Å². The van der Waals surface area contributed by atoms with Gasteiger partial charge in [0.15, 0.2) is 10.8 Å². The van der Waals surface area contributed by atoms with Crippen molar-refractivity contribution in [3.05, 3.63) is 30.3 Å². The summed E-state index contributed by atoms with van der Waals surface area (Å²) in [4.78, 5) is 17.6. The summed E-state index contributed by atoms with van der Waals surface area (Å²) in [6.45, 7) is 4.05. The van der Waals surface area contributed by atoms with Crippen LogP contribution in [0.25, 0.3) is 15.9 Å². The molecule has 0 atom stereocenters. The Morgan fingerprint density at radius 3 is 2.88 bits per heavy atom. The van der Waals surface area contributed by atoms with Gasteiger partial charge in [0.05, 0.1) is 10.2 Å². The number of carbonyl (C=O) groups excluding carboxylic acids is 1. The van der Waals surface area contributed by atoms with Crippen molar-refractivity contribution in [1.82, 2.24) is 24.8 Å². The molecule has 1 saturated carbocycles. The average Bonchev–Trinajstić information content (AvgIpc) is 3.37. The third kappa shape index (κ3) is 5.27. The number of nitrogens with zero attached hydrogens (tertiary/aromatic N) is 5. The molecule has 1 aliphatic carbocycles. The summed E-state index contributed by atoms with van der Waals surface area (Å²) >= 11 is 2.96. The summed E-state index contributed by atoms with van der Waals surface area (Å²) in [5.74, 6) is 0.907. The van der Waals surface area contributed by atoms with Crippen molar-refractivity contribution in [2.45, 2.75) is 68.5 Å². The Labute approximate surface area is 200 Å². The van der Waals surface area contributed by atoms with E-state index in [-0.39, 0.29) is 12.0 Å². The molecule has 3 aromatic heterocycles. The van der Waals surface area contributed by atoms with E-state index in [1.165, 1.54) is 42.4 Å². The molecule has 172 valence electrons. The van der Waals surface area contributed by atoms with Crippen molar-refractivity contribution in [1.29, 1.82) is 0 Å². The highest BCUT2D eigenvalue weighted by molar-refractivity contribution is 7.99. The molecule has 0 spiro atoms. The lowest BCUT2D eigenvalue weighted by Gasteiger charge is -2.22. The van der Waals surface area contributed by atoms with E-state index in [1.807, 2.05) is 38.1 Å². The Bertz CT molecular complexity index is 1280. The van der Waals surface area contributed by atoms with Crippen LogP contribution in [0, 0.1) is 5.92 Å². The van der Waals surface area contributed by atoms with Gasteiger partial charge in [0.1, 0.15) is 6.10 Å². The van der Waals surface area contributed by atoms with E-state index in [2.05, 4.69) is 31.7 Å². The molecular formula is C23H26N6O2S2. The van der Waals surface area contributed by atoms with E-state index in [0.29, 0.717) is 34.2 Å². The Morgan fingerprint density at radius 1 is 1.21 bits per heavy atom. The van der Waals surface area contributed by atoms with Gasteiger partial charge in [-0.15, -0.1) is 15.3 Å². The molecule has 10 heteroatoms. The summed E-state index contributed by atoms with van der Waals surface area (Å²) in [6, 6.07) is 9.77. The Hall–Kier alpha value is -2.72. The maximum atomic E-state index is 12.1. The van der Waals surface area contributed by atoms with Crippen LogP contribution in [0.5, 0.6) is 5.88 Å². The van der Waals surface area contributed by atoms with Gasteiger partial charge in [0.2, 0.25) is 16.9 Å². The highest BCUT2D eigenvalue weighted by atomic mass is 32.2. The molecule has 8 nitrogen and oxygen atoms in total. The van der Waals surface area contributed by atoms with Crippen molar-refractivity contribution in [2.75, 3.05) is 5.32 Å². The number of thiazole rings is 1. The van der Waals surface area contributed by atoms with Crippen molar-refractivity contribution in [3.8, 4) is 5.88 Å². The molecule has 0 saturated heterocycles. The van der Waals surface area contributed by atoms with Gasteiger partial charge >= 0.3 is 0 Å². The maximum absolute atomic E-state index is 12.1. The first kappa shape index (κ1) is 22.1. The summed E-state index contributed by atoms with van der Waals surface area (Å²) in [5, 5.41) is 17.4. The van der Waals surface area contributed by atoms with Crippen LogP contribution >= 0.6 is 23.1 Å². The fraction of sp³-hybridized carbons (Fsp3) is 0.435. The minimum Gasteiger partial charge on any atom is -0.473 e. The number of nitrogens with one attached hydrogen (secondary N) is 1. The molecule has 0 aliphatic heterocycles. The summed E-state index contributed by atoms with van der Waals surface area (Å²) in [5.41, 5.74) is 1.54. The number of rotatable bonds is 7. The number of aromatic nitrogens is 5. The fourth-order valence-corrected chi connectivity index (χ4v) is 5.72. The number of fused-ring (bicyclic) bond motifs is 2. The van der Waals surface area contributed by atoms with Crippen molar-refractivity contribution < 1.29 is 9.53 Å². The maximum Gasteiger partial charge on any atom is 0.232 e. The smallest absolute Gasteiger partial charge is 0.232 e. The number of amides is 1. The first-order valence-corrected chi connectivity index (χ1v) is 12.9. The van der Waals surface area contributed by atoms with Crippen molar-refractivity contribution >= 4 is 50.0 Å². The van der Waals surface area contributed by atoms with Crippen molar-refractivity contribution in [3.63, 3.8) is 0 Å². The number of ether oxygens (including phenoxy) is 1. The molecule has 5 rings (SSSR count). The van der Waals surface area contributed by atoms with Crippen LogP contribution in [0.3, 0.4) is 0 Å². The standard InChI is InChI=1S/C23H26N6O2S2/c1-14(2)12-20(30)25-22-24-17-9-8-16(13-18(17)33-22)32-23-27-26-19-10-11-21(28-29(19)23)31-15-6-4-3-5-7-15/h8-11,13-15H,3-7,12H2,1-2H3,(H,24,25,30). The first-order chi connectivity index (χ1) is 16.0. The second-order valence-electron chi connectivity index (χ2n) is 8.70. The van der Waals surface area contributed by atoms with Crippen LogP contribution in [0.4, 0.5) is 5.13 Å². The lowest BCUT2D eigenvalue weighted by atomic mass is 9.98. The van der Waals surface area contributed by atoms with E-state index in [1.54, 1.807) is 4.52 Å². The van der Waals surface area contributed by atoms with Gasteiger partial charge in [-0.05, 0) is 67.6 Å². The second-order valence-corrected chi connectivity index (χ2v) is 10.8. The predicted octanol–water partition coefficient (Wildman–Crippen LogP) is 5.58. The molecule has 0 radical (unpaired) electrons.